The molecule has 0 saturated carbocycles. The van der Waals surface area contributed by atoms with Crippen molar-refractivity contribution in [1.82, 2.24) is 4.31 Å². The highest BCUT2D eigenvalue weighted by atomic mass is 79.9. The van der Waals surface area contributed by atoms with Gasteiger partial charge in [0.15, 0.2) is 0 Å². The Morgan fingerprint density at radius 2 is 2.10 bits per heavy atom. The summed E-state index contributed by atoms with van der Waals surface area (Å²) in [5.41, 5.74) is 5.99. The normalized spacial score (nSPS) is 12.0. The summed E-state index contributed by atoms with van der Waals surface area (Å²) in [5, 5.41) is 0. The van der Waals surface area contributed by atoms with Crippen molar-refractivity contribution in [1.29, 1.82) is 0 Å². The summed E-state index contributed by atoms with van der Waals surface area (Å²) in [5.74, 6) is -0.0242. The van der Waals surface area contributed by atoms with Crippen LogP contribution in [0.3, 0.4) is 0 Å². The first-order valence-electron chi connectivity index (χ1n) is 5.97. The molecule has 2 N–H and O–H groups in total. The van der Waals surface area contributed by atoms with Gasteiger partial charge in [-0.2, -0.15) is 4.31 Å². The number of nitrogens with two attached hydrogens (primary N) is 1. The van der Waals surface area contributed by atoms with E-state index < -0.39 is 15.8 Å². The van der Waals surface area contributed by atoms with Crippen LogP contribution in [-0.4, -0.2) is 19.8 Å². The molecule has 0 aliphatic rings. The van der Waals surface area contributed by atoms with E-state index in [2.05, 4.69) is 15.9 Å². The summed E-state index contributed by atoms with van der Waals surface area (Å²) in [6.45, 7) is 1.90. The fraction of sp³-hybridized carbons (Fsp3) is 0.231. The van der Waals surface area contributed by atoms with E-state index in [-0.39, 0.29) is 21.6 Å². The lowest BCUT2D eigenvalue weighted by molar-refractivity contribution is 0.458. The number of anilines is 1. The minimum atomic E-state index is -3.80. The largest absolute Gasteiger partial charge is 0.469 e. The number of nitrogens with zero attached hydrogens (tertiary/aromatic N) is 1. The van der Waals surface area contributed by atoms with Crippen LogP contribution >= 0.6 is 15.9 Å². The standard InChI is InChI=1S/C13H14BrFN2O3S/c1-8-9(3-4-20-8)7-17(2)21(18,19)13-6-12(16)11(15)5-10(13)14/h3-6H,7,16H2,1-2H3. The van der Waals surface area contributed by atoms with E-state index in [1.54, 1.807) is 13.0 Å². The van der Waals surface area contributed by atoms with E-state index >= 15 is 0 Å². The average molecular weight is 377 g/mol. The van der Waals surface area contributed by atoms with Crippen LogP contribution in [0.15, 0.2) is 38.2 Å². The molecule has 0 saturated heterocycles. The molecule has 114 valence electrons. The zero-order valence-electron chi connectivity index (χ0n) is 11.4. The Kier molecular flexibility index (Phi) is 4.40. The van der Waals surface area contributed by atoms with Crippen molar-refractivity contribution in [2.75, 3.05) is 12.8 Å². The molecule has 0 fully saturated rings. The van der Waals surface area contributed by atoms with E-state index in [1.807, 2.05) is 0 Å². The summed E-state index contributed by atoms with van der Waals surface area (Å²) in [6.07, 6.45) is 1.50. The lowest BCUT2D eigenvalue weighted by Crippen LogP contribution is -2.27. The quantitative estimate of drug-likeness (QED) is 0.832. The number of hydrogen-bond acceptors (Lipinski definition) is 4. The topological polar surface area (TPSA) is 76.5 Å². The summed E-state index contributed by atoms with van der Waals surface area (Å²) in [6, 6.07) is 3.85. The van der Waals surface area contributed by atoms with Gasteiger partial charge in [-0.15, -0.1) is 0 Å². The van der Waals surface area contributed by atoms with Gasteiger partial charge < -0.3 is 10.2 Å². The van der Waals surface area contributed by atoms with Crippen LogP contribution in [0, 0.1) is 12.7 Å². The van der Waals surface area contributed by atoms with Gasteiger partial charge >= 0.3 is 0 Å². The van der Waals surface area contributed by atoms with Crippen molar-refractivity contribution >= 4 is 31.6 Å². The third kappa shape index (κ3) is 3.12. The van der Waals surface area contributed by atoms with Gasteiger partial charge in [0.05, 0.1) is 16.8 Å². The predicted molar refractivity (Wildman–Crippen MR) is 80.6 cm³/mol. The van der Waals surface area contributed by atoms with Crippen molar-refractivity contribution in [3.05, 3.63) is 46.1 Å². The van der Waals surface area contributed by atoms with Gasteiger partial charge in [0.25, 0.3) is 0 Å². The first kappa shape index (κ1) is 16.0. The van der Waals surface area contributed by atoms with Crippen molar-refractivity contribution in [2.24, 2.45) is 0 Å². The Morgan fingerprint density at radius 1 is 1.43 bits per heavy atom. The lowest BCUT2D eigenvalue weighted by atomic mass is 10.3. The molecule has 2 rings (SSSR count). The van der Waals surface area contributed by atoms with Gasteiger partial charge in [-0.05, 0) is 41.1 Å². The molecule has 1 heterocycles. The van der Waals surface area contributed by atoms with Crippen LogP contribution < -0.4 is 5.73 Å². The molecule has 8 heteroatoms. The third-order valence-corrected chi connectivity index (χ3v) is 5.86. The SMILES string of the molecule is Cc1occc1CN(C)S(=O)(=O)c1cc(N)c(F)cc1Br. The van der Waals surface area contributed by atoms with Crippen LogP contribution in [0.4, 0.5) is 10.1 Å². The number of rotatable bonds is 4. The molecular formula is C13H14BrFN2O3S. The number of halogens is 2. The first-order chi connectivity index (χ1) is 9.73. The molecule has 0 amide bonds. The number of furan rings is 1. The Hall–Kier alpha value is -1.38. The molecule has 0 aliphatic heterocycles. The Balaban J connectivity index is 2.38. The Morgan fingerprint density at radius 3 is 2.67 bits per heavy atom. The molecule has 21 heavy (non-hydrogen) atoms. The Bertz CT molecular complexity index is 774. The van der Waals surface area contributed by atoms with Gasteiger partial charge in [-0.25, -0.2) is 12.8 Å². The second-order valence-corrected chi connectivity index (χ2v) is 7.43. The second kappa shape index (κ2) is 5.78. The average Bonchev–Trinajstić information content (AvgIpc) is 2.79. The molecule has 2 aromatic rings. The number of aryl methyl sites for hydroxylation is 1. The molecule has 0 spiro atoms. The molecule has 0 unspecified atom stereocenters. The van der Waals surface area contributed by atoms with Crippen LogP contribution in [0.2, 0.25) is 0 Å². The van der Waals surface area contributed by atoms with E-state index in [0.717, 1.165) is 22.0 Å². The maximum atomic E-state index is 13.3. The van der Waals surface area contributed by atoms with Crippen LogP contribution in [0.1, 0.15) is 11.3 Å². The van der Waals surface area contributed by atoms with E-state index in [4.69, 9.17) is 10.2 Å². The molecule has 0 atom stereocenters. The van der Waals surface area contributed by atoms with E-state index in [0.29, 0.717) is 5.76 Å². The van der Waals surface area contributed by atoms with Crippen molar-refractivity contribution in [3.63, 3.8) is 0 Å². The minimum absolute atomic E-state index is 0.0787. The van der Waals surface area contributed by atoms with Crippen LogP contribution in [0.25, 0.3) is 0 Å². The predicted octanol–water partition coefficient (Wildman–Crippen LogP) is 2.89. The van der Waals surface area contributed by atoms with Crippen molar-refractivity contribution in [3.8, 4) is 0 Å². The number of hydrogen-bond donors (Lipinski definition) is 1. The summed E-state index contributed by atoms with van der Waals surface area (Å²) >= 11 is 3.06. The molecule has 1 aromatic heterocycles. The van der Waals surface area contributed by atoms with E-state index in [1.165, 1.54) is 13.3 Å². The highest BCUT2D eigenvalue weighted by Crippen LogP contribution is 2.29. The number of sulfonamides is 1. The van der Waals surface area contributed by atoms with Crippen molar-refractivity contribution < 1.29 is 17.2 Å². The van der Waals surface area contributed by atoms with E-state index in [9.17, 15) is 12.8 Å². The first-order valence-corrected chi connectivity index (χ1v) is 8.20. The molecule has 0 bridgehead atoms. The summed E-state index contributed by atoms with van der Waals surface area (Å²) < 4.78 is 44.8. The van der Waals surface area contributed by atoms with Gasteiger partial charge in [-0.1, -0.05) is 0 Å². The van der Waals surface area contributed by atoms with Gasteiger partial charge in [-0.3, -0.25) is 0 Å². The monoisotopic (exact) mass is 376 g/mol. The summed E-state index contributed by atoms with van der Waals surface area (Å²) in [4.78, 5) is -0.0787. The number of nitrogen functional groups attached to an aromatic ring is 1. The molecular weight excluding hydrogens is 363 g/mol. The molecule has 1 aromatic carbocycles. The smallest absolute Gasteiger partial charge is 0.244 e. The summed E-state index contributed by atoms with van der Waals surface area (Å²) in [7, 11) is -2.37. The van der Waals surface area contributed by atoms with Gasteiger partial charge in [0.1, 0.15) is 11.6 Å². The third-order valence-electron chi connectivity index (χ3n) is 3.10. The maximum absolute atomic E-state index is 13.3. The van der Waals surface area contributed by atoms with Crippen LogP contribution in [0.5, 0.6) is 0 Å². The minimum Gasteiger partial charge on any atom is -0.469 e. The lowest BCUT2D eigenvalue weighted by Gasteiger charge is -2.18. The zero-order valence-corrected chi connectivity index (χ0v) is 13.8. The molecule has 0 aliphatic carbocycles. The molecule has 0 radical (unpaired) electrons. The Labute approximate surface area is 130 Å². The number of benzene rings is 1. The van der Waals surface area contributed by atoms with Gasteiger partial charge in [0.2, 0.25) is 10.0 Å². The van der Waals surface area contributed by atoms with Crippen molar-refractivity contribution in [2.45, 2.75) is 18.4 Å². The molecule has 5 nitrogen and oxygen atoms in total. The highest BCUT2D eigenvalue weighted by Gasteiger charge is 2.25. The fourth-order valence-electron chi connectivity index (χ4n) is 1.81. The zero-order chi connectivity index (χ0) is 15.8. The second-order valence-electron chi connectivity index (χ2n) is 4.57. The fourth-order valence-corrected chi connectivity index (χ4v) is 3.97. The van der Waals surface area contributed by atoms with Crippen LogP contribution in [-0.2, 0) is 16.6 Å². The van der Waals surface area contributed by atoms with Gasteiger partial charge in [0, 0.05) is 23.6 Å². The highest BCUT2D eigenvalue weighted by molar-refractivity contribution is 9.10. The maximum Gasteiger partial charge on any atom is 0.244 e.